The lowest BCUT2D eigenvalue weighted by Crippen LogP contribution is -2.38. The van der Waals surface area contributed by atoms with Gasteiger partial charge in [-0.25, -0.2) is 0 Å². The van der Waals surface area contributed by atoms with Gasteiger partial charge in [0.1, 0.15) is 5.75 Å². The van der Waals surface area contributed by atoms with Crippen LogP contribution in [0.1, 0.15) is 24.5 Å². The number of benzene rings is 1. The van der Waals surface area contributed by atoms with Crippen molar-refractivity contribution in [3.8, 4) is 5.75 Å². The van der Waals surface area contributed by atoms with Gasteiger partial charge in [-0.15, -0.1) is 0 Å². The molecule has 0 aliphatic carbocycles. The van der Waals surface area contributed by atoms with Gasteiger partial charge in [0, 0.05) is 17.5 Å². The molecule has 1 aromatic carbocycles. The van der Waals surface area contributed by atoms with Crippen LogP contribution in [0.4, 0.5) is 0 Å². The Morgan fingerprint density at radius 2 is 2.21 bits per heavy atom. The number of rotatable bonds is 0. The zero-order valence-electron chi connectivity index (χ0n) is 8.43. The first-order chi connectivity index (χ1) is 6.50. The highest BCUT2D eigenvalue weighted by Gasteiger charge is 2.30. The largest absolute Gasteiger partial charge is 0.492 e. The van der Waals surface area contributed by atoms with E-state index in [1.807, 2.05) is 0 Å². The summed E-state index contributed by atoms with van der Waals surface area (Å²) in [4.78, 5) is 0. The molecule has 0 aromatic heterocycles. The zero-order chi connectivity index (χ0) is 10.3. The molecule has 1 aliphatic heterocycles. The number of nitrogens with two attached hydrogens (primary N) is 1. The molecule has 0 bridgehead atoms. The van der Waals surface area contributed by atoms with Gasteiger partial charge in [0.25, 0.3) is 0 Å². The van der Waals surface area contributed by atoms with Crippen molar-refractivity contribution in [2.75, 3.05) is 6.61 Å². The van der Waals surface area contributed by atoms with Crippen LogP contribution in [-0.4, -0.2) is 6.61 Å². The predicted octanol–water partition coefficient (Wildman–Crippen LogP) is 2.71. The van der Waals surface area contributed by atoms with E-state index in [-0.39, 0.29) is 5.54 Å². The molecule has 1 atom stereocenters. The molecule has 1 heterocycles. The maximum atomic E-state index is 6.23. The van der Waals surface area contributed by atoms with Gasteiger partial charge in [0.05, 0.1) is 11.1 Å². The Hall–Kier alpha value is -0.540. The highest BCUT2D eigenvalue weighted by Crippen LogP contribution is 2.40. The third kappa shape index (κ3) is 1.55. The molecule has 1 aliphatic rings. The van der Waals surface area contributed by atoms with Gasteiger partial charge >= 0.3 is 0 Å². The molecular formula is C11H14BrNO. The molecule has 1 aromatic rings. The molecule has 2 nitrogen and oxygen atoms in total. The van der Waals surface area contributed by atoms with Crippen molar-refractivity contribution in [3.05, 3.63) is 27.7 Å². The molecule has 3 heteroatoms. The molecule has 0 saturated heterocycles. The van der Waals surface area contributed by atoms with Gasteiger partial charge in [-0.05, 0) is 41.4 Å². The first-order valence-electron chi connectivity index (χ1n) is 4.73. The Bertz CT molecular complexity index is 374. The lowest BCUT2D eigenvalue weighted by molar-refractivity contribution is 0.226. The second kappa shape index (κ2) is 3.24. The molecule has 0 saturated carbocycles. The van der Waals surface area contributed by atoms with E-state index in [1.54, 1.807) is 0 Å². The number of aryl methyl sites for hydroxylation is 1. The zero-order valence-corrected chi connectivity index (χ0v) is 10.0. The highest BCUT2D eigenvalue weighted by atomic mass is 79.9. The molecule has 1 unspecified atom stereocenters. The van der Waals surface area contributed by atoms with Crippen LogP contribution in [0.25, 0.3) is 0 Å². The average molecular weight is 256 g/mol. The van der Waals surface area contributed by atoms with E-state index in [9.17, 15) is 0 Å². The van der Waals surface area contributed by atoms with Gasteiger partial charge in [0.2, 0.25) is 0 Å². The van der Waals surface area contributed by atoms with Crippen molar-refractivity contribution >= 4 is 15.9 Å². The van der Waals surface area contributed by atoms with E-state index < -0.39 is 0 Å². The third-order valence-electron chi connectivity index (χ3n) is 2.67. The first-order valence-corrected chi connectivity index (χ1v) is 5.52. The molecule has 2 rings (SSSR count). The summed E-state index contributed by atoms with van der Waals surface area (Å²) in [5, 5.41) is 0. The first kappa shape index (κ1) is 9.99. The minimum absolute atomic E-state index is 0.262. The monoisotopic (exact) mass is 255 g/mol. The summed E-state index contributed by atoms with van der Waals surface area (Å²) in [7, 11) is 0. The summed E-state index contributed by atoms with van der Waals surface area (Å²) < 4.78 is 6.62. The summed E-state index contributed by atoms with van der Waals surface area (Å²) in [6.07, 6.45) is 0.871. The predicted molar refractivity (Wildman–Crippen MR) is 60.5 cm³/mol. The van der Waals surface area contributed by atoms with Gasteiger partial charge in [0.15, 0.2) is 0 Å². The Morgan fingerprint density at radius 1 is 1.50 bits per heavy atom. The van der Waals surface area contributed by atoms with Gasteiger partial charge < -0.3 is 10.5 Å². The van der Waals surface area contributed by atoms with E-state index in [2.05, 4.69) is 41.9 Å². The molecule has 0 radical (unpaired) electrons. The van der Waals surface area contributed by atoms with Gasteiger partial charge in [-0.1, -0.05) is 6.07 Å². The fourth-order valence-electron chi connectivity index (χ4n) is 1.80. The Morgan fingerprint density at radius 3 is 2.93 bits per heavy atom. The van der Waals surface area contributed by atoms with Crippen LogP contribution in [0.2, 0.25) is 0 Å². The van der Waals surface area contributed by atoms with Crippen molar-refractivity contribution in [3.63, 3.8) is 0 Å². The van der Waals surface area contributed by atoms with Crippen molar-refractivity contribution in [1.29, 1.82) is 0 Å². The van der Waals surface area contributed by atoms with Crippen molar-refractivity contribution < 1.29 is 4.74 Å². The second-order valence-electron chi connectivity index (χ2n) is 4.14. The quantitative estimate of drug-likeness (QED) is 0.774. The number of hydrogen-bond acceptors (Lipinski definition) is 2. The molecule has 14 heavy (non-hydrogen) atoms. The molecule has 2 N–H and O–H groups in total. The van der Waals surface area contributed by atoms with E-state index in [1.165, 1.54) is 5.56 Å². The number of halogens is 1. The lowest BCUT2D eigenvalue weighted by atomic mass is 9.87. The molecule has 0 amide bonds. The maximum absolute atomic E-state index is 6.23. The smallest absolute Gasteiger partial charge is 0.138 e. The minimum atomic E-state index is -0.262. The normalized spacial score (nSPS) is 25.4. The van der Waals surface area contributed by atoms with Crippen molar-refractivity contribution in [2.45, 2.75) is 25.8 Å². The summed E-state index contributed by atoms with van der Waals surface area (Å²) in [6.45, 7) is 4.82. The fourth-order valence-corrected chi connectivity index (χ4v) is 2.49. The van der Waals surface area contributed by atoms with Crippen molar-refractivity contribution in [2.24, 2.45) is 5.73 Å². The SMILES string of the molecule is Cc1cc(Br)c2c(c1)C(C)(N)CCO2. The molecule has 0 spiro atoms. The molecule has 0 fully saturated rings. The molecular weight excluding hydrogens is 242 g/mol. The van der Waals surface area contributed by atoms with E-state index in [4.69, 9.17) is 10.5 Å². The Balaban J connectivity index is 2.63. The lowest BCUT2D eigenvalue weighted by Gasteiger charge is -2.33. The highest BCUT2D eigenvalue weighted by molar-refractivity contribution is 9.10. The van der Waals surface area contributed by atoms with E-state index in [0.717, 1.165) is 22.2 Å². The van der Waals surface area contributed by atoms with Crippen LogP contribution in [0.15, 0.2) is 16.6 Å². The van der Waals surface area contributed by atoms with Gasteiger partial charge in [-0.2, -0.15) is 0 Å². The Labute approximate surface area is 92.6 Å². The minimum Gasteiger partial charge on any atom is -0.492 e. The number of fused-ring (bicyclic) bond motifs is 1. The van der Waals surface area contributed by atoms with E-state index >= 15 is 0 Å². The third-order valence-corrected chi connectivity index (χ3v) is 3.26. The standard InChI is InChI=1S/C11H14BrNO/c1-7-5-8-10(9(12)6-7)14-4-3-11(8,2)13/h5-6H,3-4,13H2,1-2H3. The fraction of sp³-hybridized carbons (Fsp3) is 0.455. The van der Waals surface area contributed by atoms with Crippen LogP contribution in [0.5, 0.6) is 5.75 Å². The van der Waals surface area contributed by atoms with Crippen LogP contribution in [-0.2, 0) is 5.54 Å². The Kier molecular flexibility index (Phi) is 2.32. The van der Waals surface area contributed by atoms with E-state index in [0.29, 0.717) is 6.61 Å². The van der Waals surface area contributed by atoms with Crippen LogP contribution in [0.3, 0.4) is 0 Å². The van der Waals surface area contributed by atoms with Crippen LogP contribution in [0, 0.1) is 6.92 Å². The van der Waals surface area contributed by atoms with Crippen molar-refractivity contribution in [1.82, 2.24) is 0 Å². The maximum Gasteiger partial charge on any atom is 0.138 e. The number of hydrogen-bond donors (Lipinski definition) is 1. The number of ether oxygens (including phenoxy) is 1. The summed E-state index contributed by atoms with van der Waals surface area (Å²) in [6, 6.07) is 4.17. The summed E-state index contributed by atoms with van der Waals surface area (Å²) in [5.74, 6) is 0.909. The summed E-state index contributed by atoms with van der Waals surface area (Å²) >= 11 is 3.50. The topological polar surface area (TPSA) is 35.2 Å². The second-order valence-corrected chi connectivity index (χ2v) is 4.99. The van der Waals surface area contributed by atoms with Crippen LogP contribution >= 0.6 is 15.9 Å². The van der Waals surface area contributed by atoms with Crippen LogP contribution < -0.4 is 10.5 Å². The van der Waals surface area contributed by atoms with Gasteiger partial charge in [-0.3, -0.25) is 0 Å². The molecule has 76 valence electrons. The average Bonchev–Trinajstić information content (AvgIpc) is 2.06. The summed E-state index contributed by atoms with van der Waals surface area (Å²) in [5.41, 5.74) is 8.28.